The molecule has 4 rings (SSSR count). The van der Waals surface area contributed by atoms with E-state index in [1.165, 1.54) is 11.3 Å². The van der Waals surface area contributed by atoms with Gasteiger partial charge in [-0.1, -0.05) is 6.07 Å². The van der Waals surface area contributed by atoms with Gasteiger partial charge >= 0.3 is 0 Å². The highest BCUT2D eigenvalue weighted by Gasteiger charge is 2.25. The van der Waals surface area contributed by atoms with E-state index in [4.69, 9.17) is 0 Å². The lowest BCUT2D eigenvalue weighted by atomic mass is 9.97. The lowest BCUT2D eigenvalue weighted by Crippen LogP contribution is -2.43. The summed E-state index contributed by atoms with van der Waals surface area (Å²) in [5.74, 6) is 0.331. The third-order valence-electron chi connectivity index (χ3n) is 4.68. The van der Waals surface area contributed by atoms with E-state index in [9.17, 15) is 9.59 Å². The minimum atomic E-state index is -0.0286. The van der Waals surface area contributed by atoms with E-state index >= 15 is 0 Å². The Morgan fingerprint density at radius 2 is 2.19 bits per heavy atom. The Labute approximate surface area is 159 Å². The fourth-order valence-electron chi connectivity index (χ4n) is 3.32. The summed E-state index contributed by atoms with van der Waals surface area (Å²) in [6.07, 6.45) is 2.00. The van der Waals surface area contributed by atoms with Crippen LogP contribution in [0.15, 0.2) is 41.2 Å². The first kappa shape index (κ1) is 17.2. The number of carbonyl (C=O) groups is 2. The number of piperidine rings is 1. The van der Waals surface area contributed by atoms with Gasteiger partial charge in [0.15, 0.2) is 0 Å². The highest BCUT2D eigenvalue weighted by Crippen LogP contribution is 2.22. The lowest BCUT2D eigenvalue weighted by Gasteiger charge is -2.33. The monoisotopic (exact) mass is 385 g/mol. The van der Waals surface area contributed by atoms with Gasteiger partial charge in [0.25, 0.3) is 11.8 Å². The van der Waals surface area contributed by atoms with Gasteiger partial charge < -0.3 is 10.2 Å². The molecule has 3 heterocycles. The van der Waals surface area contributed by atoms with Crippen molar-refractivity contribution >= 4 is 44.7 Å². The number of hydrogen-bond donors (Lipinski definition) is 1. The molecule has 0 radical (unpaired) electrons. The van der Waals surface area contributed by atoms with Gasteiger partial charge in [-0.05, 0) is 48.4 Å². The highest BCUT2D eigenvalue weighted by atomic mass is 32.1. The first-order valence-electron chi connectivity index (χ1n) is 8.65. The maximum absolute atomic E-state index is 12.9. The van der Waals surface area contributed by atoms with Gasteiger partial charge in [0.05, 0.1) is 20.6 Å². The van der Waals surface area contributed by atoms with Gasteiger partial charge in [-0.3, -0.25) is 9.59 Å². The summed E-state index contributed by atoms with van der Waals surface area (Å²) in [5.41, 5.74) is 3.44. The molecular weight excluding hydrogens is 366 g/mol. The van der Waals surface area contributed by atoms with Crippen molar-refractivity contribution < 1.29 is 9.59 Å². The Bertz CT molecular complexity index is 920. The number of rotatable bonds is 4. The Kier molecular flexibility index (Phi) is 4.99. The van der Waals surface area contributed by atoms with E-state index in [0.29, 0.717) is 24.6 Å². The molecule has 0 spiro atoms. The lowest BCUT2D eigenvalue weighted by molar-refractivity contribution is 0.0671. The zero-order chi connectivity index (χ0) is 17.9. The van der Waals surface area contributed by atoms with Gasteiger partial charge in [0.2, 0.25) is 0 Å². The molecule has 1 aromatic carbocycles. The first-order chi connectivity index (χ1) is 12.7. The minimum absolute atomic E-state index is 0.0286. The summed E-state index contributed by atoms with van der Waals surface area (Å²) in [7, 11) is 0. The minimum Gasteiger partial charge on any atom is -0.351 e. The second-order valence-corrected chi connectivity index (χ2v) is 8.32. The number of thiazole rings is 1. The van der Waals surface area contributed by atoms with Crippen molar-refractivity contribution in [3.63, 3.8) is 0 Å². The summed E-state index contributed by atoms with van der Waals surface area (Å²) in [6, 6.07) is 9.39. The zero-order valence-electron chi connectivity index (χ0n) is 14.2. The SMILES string of the molecule is O=C(NC[C@H]1CCCN(C(=O)c2ccc3ncsc3c2)C1)c1cccs1. The molecule has 2 amide bonds. The van der Waals surface area contributed by atoms with Crippen molar-refractivity contribution in [1.29, 1.82) is 0 Å². The summed E-state index contributed by atoms with van der Waals surface area (Å²) in [4.78, 5) is 31.9. The summed E-state index contributed by atoms with van der Waals surface area (Å²) < 4.78 is 1.03. The predicted octanol–water partition coefficient (Wildman–Crippen LogP) is 3.64. The van der Waals surface area contributed by atoms with E-state index in [1.54, 1.807) is 16.8 Å². The number of carbonyl (C=O) groups excluding carboxylic acids is 2. The molecule has 1 aliphatic rings. The molecule has 1 atom stereocenters. The van der Waals surface area contributed by atoms with Crippen LogP contribution in [0.3, 0.4) is 0 Å². The Balaban J connectivity index is 1.38. The van der Waals surface area contributed by atoms with Crippen LogP contribution in [0.5, 0.6) is 0 Å². The predicted molar refractivity (Wildman–Crippen MR) is 105 cm³/mol. The normalized spacial score (nSPS) is 17.4. The third kappa shape index (κ3) is 3.64. The number of nitrogens with one attached hydrogen (secondary N) is 1. The quantitative estimate of drug-likeness (QED) is 0.746. The van der Waals surface area contributed by atoms with Crippen LogP contribution in [0.4, 0.5) is 0 Å². The van der Waals surface area contributed by atoms with Gasteiger partial charge in [-0.25, -0.2) is 4.98 Å². The molecule has 7 heteroatoms. The van der Waals surface area contributed by atoms with Gasteiger partial charge in [-0.15, -0.1) is 22.7 Å². The molecule has 1 aliphatic heterocycles. The molecule has 1 fully saturated rings. The van der Waals surface area contributed by atoms with Crippen LogP contribution in [0.25, 0.3) is 10.2 Å². The second kappa shape index (κ2) is 7.55. The van der Waals surface area contributed by atoms with Crippen LogP contribution >= 0.6 is 22.7 Å². The number of benzene rings is 1. The number of amides is 2. The number of nitrogens with zero attached hydrogens (tertiary/aromatic N) is 2. The fraction of sp³-hybridized carbons (Fsp3) is 0.316. The van der Waals surface area contributed by atoms with Crippen LogP contribution in [0.1, 0.15) is 32.9 Å². The molecule has 2 aromatic heterocycles. The zero-order valence-corrected chi connectivity index (χ0v) is 15.8. The molecule has 1 saturated heterocycles. The molecule has 0 unspecified atom stereocenters. The van der Waals surface area contributed by atoms with Crippen LogP contribution in [0, 0.1) is 5.92 Å². The van der Waals surface area contributed by atoms with Crippen molar-refractivity contribution in [1.82, 2.24) is 15.2 Å². The van der Waals surface area contributed by atoms with E-state index in [-0.39, 0.29) is 11.8 Å². The summed E-state index contributed by atoms with van der Waals surface area (Å²) in [6.45, 7) is 2.06. The summed E-state index contributed by atoms with van der Waals surface area (Å²) >= 11 is 2.99. The van der Waals surface area contributed by atoms with Gasteiger partial charge in [-0.2, -0.15) is 0 Å². The van der Waals surface area contributed by atoms with Crippen LogP contribution < -0.4 is 5.32 Å². The van der Waals surface area contributed by atoms with Crippen molar-refractivity contribution in [2.24, 2.45) is 5.92 Å². The van der Waals surface area contributed by atoms with Crippen LogP contribution in [0.2, 0.25) is 0 Å². The van der Waals surface area contributed by atoms with Crippen molar-refractivity contribution in [2.45, 2.75) is 12.8 Å². The van der Waals surface area contributed by atoms with Gasteiger partial charge in [0, 0.05) is 25.2 Å². The van der Waals surface area contributed by atoms with E-state index in [1.807, 2.05) is 40.6 Å². The van der Waals surface area contributed by atoms with E-state index in [0.717, 1.165) is 34.5 Å². The molecule has 1 N–H and O–H groups in total. The number of thiophene rings is 1. The second-order valence-electron chi connectivity index (χ2n) is 6.48. The van der Waals surface area contributed by atoms with Crippen LogP contribution in [-0.2, 0) is 0 Å². The largest absolute Gasteiger partial charge is 0.351 e. The number of hydrogen-bond acceptors (Lipinski definition) is 5. The molecule has 0 aliphatic carbocycles. The molecular formula is C19H19N3O2S2. The molecule has 26 heavy (non-hydrogen) atoms. The van der Waals surface area contributed by atoms with E-state index < -0.39 is 0 Å². The molecule has 0 bridgehead atoms. The average molecular weight is 386 g/mol. The first-order valence-corrected chi connectivity index (χ1v) is 10.4. The van der Waals surface area contributed by atoms with Gasteiger partial charge in [0.1, 0.15) is 0 Å². The Morgan fingerprint density at radius 1 is 1.27 bits per heavy atom. The van der Waals surface area contributed by atoms with Crippen LogP contribution in [-0.4, -0.2) is 41.3 Å². The molecule has 134 valence electrons. The highest BCUT2D eigenvalue weighted by molar-refractivity contribution is 7.16. The topological polar surface area (TPSA) is 62.3 Å². The number of fused-ring (bicyclic) bond motifs is 1. The average Bonchev–Trinajstić information content (AvgIpc) is 3.36. The summed E-state index contributed by atoms with van der Waals surface area (Å²) in [5, 5.41) is 4.90. The van der Waals surface area contributed by atoms with Crippen molar-refractivity contribution in [3.05, 3.63) is 51.7 Å². The van der Waals surface area contributed by atoms with Crippen molar-refractivity contribution in [3.8, 4) is 0 Å². The maximum atomic E-state index is 12.9. The standard InChI is InChI=1S/C19H19N3O2S2/c23-18(16-4-2-8-25-16)20-10-13-3-1-7-22(11-13)19(24)14-5-6-15-17(9-14)26-12-21-15/h2,4-6,8-9,12-13H,1,3,7,10-11H2,(H,20,23)/t13-/m1/s1. The number of aromatic nitrogens is 1. The Hall–Kier alpha value is -2.25. The third-order valence-corrected chi connectivity index (χ3v) is 6.34. The smallest absolute Gasteiger partial charge is 0.261 e. The molecule has 3 aromatic rings. The molecule has 5 nitrogen and oxygen atoms in total. The fourth-order valence-corrected chi connectivity index (χ4v) is 4.68. The number of likely N-dealkylation sites (tertiary alicyclic amines) is 1. The maximum Gasteiger partial charge on any atom is 0.261 e. The Morgan fingerprint density at radius 3 is 3.04 bits per heavy atom. The molecule has 0 saturated carbocycles. The van der Waals surface area contributed by atoms with Crippen molar-refractivity contribution in [2.75, 3.05) is 19.6 Å². The van der Waals surface area contributed by atoms with E-state index in [2.05, 4.69) is 10.3 Å².